The van der Waals surface area contributed by atoms with Crippen molar-refractivity contribution in [2.24, 2.45) is 0 Å². The maximum Gasteiger partial charge on any atom is 0.128 e. The molecule has 0 radical (unpaired) electrons. The van der Waals surface area contributed by atoms with Crippen LogP contribution in [-0.4, -0.2) is 29.2 Å². The van der Waals surface area contributed by atoms with Crippen LogP contribution in [0, 0.1) is 17.7 Å². The van der Waals surface area contributed by atoms with Crippen LogP contribution in [0.1, 0.15) is 38.3 Å². The fourth-order valence-electron chi connectivity index (χ4n) is 1.95. The summed E-state index contributed by atoms with van der Waals surface area (Å²) in [7, 11) is 0. The molecule has 1 N–H and O–H groups in total. The number of hydrogen-bond donors (Lipinski definition) is 1. The van der Waals surface area contributed by atoms with Gasteiger partial charge in [-0.25, -0.2) is 4.39 Å². The first-order valence-electron chi connectivity index (χ1n) is 6.74. The second kappa shape index (κ2) is 7.93. The van der Waals surface area contributed by atoms with E-state index in [2.05, 4.69) is 37.5 Å². The van der Waals surface area contributed by atoms with Gasteiger partial charge in [-0.1, -0.05) is 31.8 Å². The van der Waals surface area contributed by atoms with Gasteiger partial charge in [-0.05, 0) is 32.0 Å². The van der Waals surface area contributed by atoms with E-state index in [1.54, 1.807) is 12.1 Å². The Hall–Kier alpha value is -1.37. The van der Waals surface area contributed by atoms with Crippen molar-refractivity contribution in [2.45, 2.75) is 39.8 Å². The molecule has 0 aromatic heterocycles. The second-order valence-corrected chi connectivity index (χ2v) is 4.59. The zero-order valence-corrected chi connectivity index (χ0v) is 11.9. The maximum atomic E-state index is 14.0. The fourth-order valence-corrected chi connectivity index (χ4v) is 1.95. The number of rotatable bonds is 5. The van der Waals surface area contributed by atoms with Gasteiger partial charge < -0.3 is 5.11 Å². The summed E-state index contributed by atoms with van der Waals surface area (Å²) in [5.74, 6) is 5.00. The van der Waals surface area contributed by atoms with E-state index in [1.807, 2.05) is 0 Å². The molecule has 3 heteroatoms. The normalized spacial score (nSPS) is 12.1. The van der Waals surface area contributed by atoms with Crippen LogP contribution in [0.3, 0.4) is 0 Å². The molecule has 0 amide bonds. The van der Waals surface area contributed by atoms with Crippen molar-refractivity contribution in [3.8, 4) is 11.8 Å². The predicted molar refractivity (Wildman–Crippen MR) is 76.2 cm³/mol. The maximum absolute atomic E-state index is 14.0. The van der Waals surface area contributed by atoms with Gasteiger partial charge in [0.05, 0.1) is 0 Å². The van der Waals surface area contributed by atoms with E-state index in [4.69, 9.17) is 5.11 Å². The molecule has 0 aliphatic rings. The molecule has 0 aliphatic heterocycles. The number of nitrogens with zero attached hydrogens (tertiary/aromatic N) is 1. The molecule has 0 saturated carbocycles. The average molecular weight is 263 g/mol. The summed E-state index contributed by atoms with van der Waals surface area (Å²) in [4.78, 5) is 2.25. The van der Waals surface area contributed by atoms with Crippen LogP contribution in [0.2, 0.25) is 0 Å². The van der Waals surface area contributed by atoms with E-state index in [9.17, 15) is 4.39 Å². The lowest BCUT2D eigenvalue weighted by Crippen LogP contribution is -2.32. The van der Waals surface area contributed by atoms with E-state index in [1.165, 1.54) is 6.07 Å². The minimum atomic E-state index is -0.230. The van der Waals surface area contributed by atoms with Crippen molar-refractivity contribution < 1.29 is 9.50 Å². The number of aliphatic hydroxyl groups is 1. The summed E-state index contributed by atoms with van der Waals surface area (Å²) < 4.78 is 14.0. The van der Waals surface area contributed by atoms with Gasteiger partial charge in [0, 0.05) is 23.7 Å². The summed E-state index contributed by atoms with van der Waals surface area (Å²) in [6.45, 7) is 7.69. The van der Waals surface area contributed by atoms with E-state index in [-0.39, 0.29) is 12.4 Å². The summed E-state index contributed by atoms with van der Waals surface area (Å²) in [5.41, 5.74) is 1.29. The van der Waals surface area contributed by atoms with Gasteiger partial charge >= 0.3 is 0 Å². The smallest absolute Gasteiger partial charge is 0.128 e. The first-order chi connectivity index (χ1) is 9.12. The average Bonchev–Trinajstić information content (AvgIpc) is 2.43. The Morgan fingerprint density at radius 1 is 1.37 bits per heavy atom. The number of halogens is 1. The Labute approximate surface area is 115 Å². The number of benzene rings is 1. The van der Waals surface area contributed by atoms with Crippen molar-refractivity contribution in [3.05, 3.63) is 35.1 Å². The molecular formula is C16H22FNO. The van der Waals surface area contributed by atoms with Gasteiger partial charge in [-0.3, -0.25) is 4.90 Å². The van der Waals surface area contributed by atoms with E-state index >= 15 is 0 Å². The van der Waals surface area contributed by atoms with Gasteiger partial charge in [0.25, 0.3) is 0 Å². The molecule has 0 saturated heterocycles. The van der Waals surface area contributed by atoms with Gasteiger partial charge in [-0.15, -0.1) is 0 Å². The van der Waals surface area contributed by atoms with Crippen LogP contribution in [0.4, 0.5) is 4.39 Å². The second-order valence-electron chi connectivity index (χ2n) is 4.59. The van der Waals surface area contributed by atoms with Gasteiger partial charge in [0.15, 0.2) is 0 Å². The molecule has 104 valence electrons. The Bertz CT molecular complexity index is 462. The summed E-state index contributed by atoms with van der Waals surface area (Å²) in [6, 6.07) is 5.45. The topological polar surface area (TPSA) is 23.5 Å². The molecule has 1 aromatic carbocycles. The van der Waals surface area contributed by atoms with Crippen molar-refractivity contribution in [3.63, 3.8) is 0 Å². The Morgan fingerprint density at radius 2 is 2.11 bits per heavy atom. The molecule has 0 heterocycles. The highest BCUT2D eigenvalue weighted by atomic mass is 19.1. The third-order valence-electron chi connectivity index (χ3n) is 3.36. The van der Waals surface area contributed by atoms with Crippen LogP contribution < -0.4 is 0 Å². The lowest BCUT2D eigenvalue weighted by molar-refractivity contribution is 0.203. The molecule has 1 atom stereocenters. The summed E-state index contributed by atoms with van der Waals surface area (Å²) >= 11 is 0. The molecular weight excluding hydrogens is 241 g/mol. The minimum Gasteiger partial charge on any atom is -0.384 e. The lowest BCUT2D eigenvalue weighted by atomic mass is 10.1. The zero-order chi connectivity index (χ0) is 14.3. The molecule has 1 aromatic rings. The SMILES string of the molecule is CCC(C)N(CC)Cc1ccc(C#CCO)cc1F. The van der Waals surface area contributed by atoms with E-state index in [0.717, 1.165) is 13.0 Å². The van der Waals surface area contributed by atoms with Gasteiger partial charge in [-0.2, -0.15) is 0 Å². The lowest BCUT2D eigenvalue weighted by Gasteiger charge is -2.27. The first kappa shape index (κ1) is 15.7. The van der Waals surface area contributed by atoms with Crippen LogP contribution in [0.5, 0.6) is 0 Å². The van der Waals surface area contributed by atoms with E-state index in [0.29, 0.717) is 23.7 Å². The van der Waals surface area contributed by atoms with Crippen molar-refractivity contribution in [1.82, 2.24) is 4.90 Å². The Kier molecular flexibility index (Phi) is 6.55. The Balaban J connectivity index is 2.84. The van der Waals surface area contributed by atoms with Crippen molar-refractivity contribution in [1.29, 1.82) is 0 Å². The minimum absolute atomic E-state index is 0.207. The van der Waals surface area contributed by atoms with Crippen LogP contribution in [0.25, 0.3) is 0 Å². The quantitative estimate of drug-likeness (QED) is 0.826. The molecule has 2 nitrogen and oxygen atoms in total. The standard InChI is InChI=1S/C16H22FNO/c1-4-13(3)18(5-2)12-15-9-8-14(7-6-10-19)11-16(15)17/h8-9,11,13,19H,4-5,10,12H2,1-3H3. The van der Waals surface area contributed by atoms with Gasteiger partial charge in [0.1, 0.15) is 12.4 Å². The van der Waals surface area contributed by atoms with E-state index < -0.39 is 0 Å². The van der Waals surface area contributed by atoms with Gasteiger partial charge in [0.2, 0.25) is 0 Å². The highest BCUT2D eigenvalue weighted by Gasteiger charge is 2.12. The number of hydrogen-bond acceptors (Lipinski definition) is 2. The molecule has 19 heavy (non-hydrogen) atoms. The van der Waals surface area contributed by atoms with Crippen molar-refractivity contribution in [2.75, 3.05) is 13.2 Å². The van der Waals surface area contributed by atoms with Crippen LogP contribution in [0.15, 0.2) is 18.2 Å². The summed E-state index contributed by atoms with van der Waals surface area (Å²) in [5, 5.41) is 8.62. The molecule has 0 spiro atoms. The largest absolute Gasteiger partial charge is 0.384 e. The predicted octanol–water partition coefficient (Wildman–Crippen LogP) is 2.79. The monoisotopic (exact) mass is 263 g/mol. The van der Waals surface area contributed by atoms with Crippen LogP contribution in [-0.2, 0) is 6.54 Å². The van der Waals surface area contributed by atoms with Crippen LogP contribution >= 0.6 is 0 Å². The first-order valence-corrected chi connectivity index (χ1v) is 6.74. The number of aliphatic hydroxyl groups excluding tert-OH is 1. The molecule has 1 rings (SSSR count). The third-order valence-corrected chi connectivity index (χ3v) is 3.36. The molecule has 0 fully saturated rings. The third kappa shape index (κ3) is 4.66. The summed E-state index contributed by atoms with van der Waals surface area (Å²) in [6.07, 6.45) is 1.05. The Morgan fingerprint density at radius 3 is 2.63 bits per heavy atom. The fraction of sp³-hybridized carbons (Fsp3) is 0.500. The molecule has 1 unspecified atom stereocenters. The molecule has 0 aliphatic carbocycles. The highest BCUT2D eigenvalue weighted by Crippen LogP contribution is 2.15. The highest BCUT2D eigenvalue weighted by molar-refractivity contribution is 5.37. The zero-order valence-electron chi connectivity index (χ0n) is 11.9. The molecule has 0 bridgehead atoms. The van der Waals surface area contributed by atoms with Crippen molar-refractivity contribution >= 4 is 0 Å².